The second-order valence-corrected chi connectivity index (χ2v) is 10.4. The highest BCUT2D eigenvalue weighted by Gasteiger charge is 2.52. The number of carboxylic acid groups (broad SMARTS) is 1. The van der Waals surface area contributed by atoms with Crippen molar-refractivity contribution in [3.63, 3.8) is 0 Å². The molecule has 11 heteroatoms. The van der Waals surface area contributed by atoms with Crippen molar-refractivity contribution in [3.05, 3.63) is 0 Å². The van der Waals surface area contributed by atoms with E-state index in [2.05, 4.69) is 4.90 Å². The second-order valence-electron chi connectivity index (χ2n) is 8.35. The molecule has 3 aliphatic rings. The number of aliphatic carboxylic acids is 1. The van der Waals surface area contributed by atoms with E-state index in [1.54, 1.807) is 11.4 Å². The van der Waals surface area contributed by atoms with E-state index in [1.807, 2.05) is 6.92 Å². The molecule has 0 bridgehead atoms. The van der Waals surface area contributed by atoms with Gasteiger partial charge in [-0.1, -0.05) is 6.92 Å². The molecule has 2 aliphatic heterocycles. The molecule has 1 spiro atoms. The lowest BCUT2D eigenvalue weighted by molar-refractivity contribution is -0.192. The highest BCUT2D eigenvalue weighted by molar-refractivity contribution is 7.89. The van der Waals surface area contributed by atoms with Crippen molar-refractivity contribution in [1.29, 1.82) is 0 Å². The van der Waals surface area contributed by atoms with Crippen molar-refractivity contribution in [3.8, 4) is 0 Å². The average Bonchev–Trinajstić information content (AvgIpc) is 3.20. The van der Waals surface area contributed by atoms with Crippen LogP contribution in [0.3, 0.4) is 0 Å². The monoisotopic (exact) mass is 444 g/mol. The molecule has 1 N–H and O–H groups in total. The van der Waals surface area contributed by atoms with E-state index in [9.17, 15) is 21.6 Å². The van der Waals surface area contributed by atoms with Crippen molar-refractivity contribution in [2.45, 2.75) is 38.8 Å². The van der Waals surface area contributed by atoms with Gasteiger partial charge in [-0.15, -0.1) is 0 Å². The van der Waals surface area contributed by atoms with Crippen molar-refractivity contribution in [2.24, 2.45) is 17.3 Å². The van der Waals surface area contributed by atoms with Crippen LogP contribution in [0.2, 0.25) is 0 Å². The fraction of sp³-hybridized carbons (Fsp3) is 0.944. The van der Waals surface area contributed by atoms with Gasteiger partial charge in [0.2, 0.25) is 10.0 Å². The van der Waals surface area contributed by atoms with Crippen LogP contribution in [0.4, 0.5) is 13.2 Å². The van der Waals surface area contributed by atoms with Gasteiger partial charge in [-0.2, -0.15) is 13.2 Å². The summed E-state index contributed by atoms with van der Waals surface area (Å²) in [5, 5.41) is 7.12. The Kier molecular flexibility index (Phi) is 7.97. The number of likely N-dealkylation sites (tertiary alicyclic amines) is 1. The summed E-state index contributed by atoms with van der Waals surface area (Å²) in [6.07, 6.45) is -0.656. The van der Waals surface area contributed by atoms with Gasteiger partial charge in [0, 0.05) is 51.2 Å². The molecule has 170 valence electrons. The smallest absolute Gasteiger partial charge is 0.475 e. The lowest BCUT2D eigenvalue weighted by Gasteiger charge is -2.30. The highest BCUT2D eigenvalue weighted by Crippen LogP contribution is 2.46. The number of hydrogen-bond donors (Lipinski definition) is 1. The number of sulfonamides is 1. The Morgan fingerprint density at radius 3 is 2.38 bits per heavy atom. The topological polar surface area (TPSA) is 87.2 Å². The molecule has 0 radical (unpaired) electrons. The first-order valence-corrected chi connectivity index (χ1v) is 11.5. The third-order valence-corrected chi connectivity index (χ3v) is 7.94. The molecule has 0 aromatic carbocycles. The Labute approximate surface area is 170 Å². The molecular formula is C18H31F3N2O5S. The van der Waals surface area contributed by atoms with Gasteiger partial charge in [0.25, 0.3) is 0 Å². The number of ether oxygens (including phenoxy) is 1. The summed E-state index contributed by atoms with van der Waals surface area (Å²) < 4.78 is 63.7. The number of alkyl halides is 3. The third kappa shape index (κ3) is 6.53. The zero-order valence-electron chi connectivity index (χ0n) is 16.9. The SMILES string of the molecule is CCCS(=O)(=O)N1CC[C@@]2(CN(CC3CC3)C[C@H]2COC)C1.O=C(O)C(F)(F)F. The summed E-state index contributed by atoms with van der Waals surface area (Å²) in [4.78, 5) is 11.5. The summed E-state index contributed by atoms with van der Waals surface area (Å²) in [5.74, 6) is -1.12. The lowest BCUT2D eigenvalue weighted by Crippen LogP contribution is -2.38. The van der Waals surface area contributed by atoms with Gasteiger partial charge in [-0.25, -0.2) is 17.5 Å². The maximum atomic E-state index is 12.4. The molecule has 2 atom stereocenters. The average molecular weight is 445 g/mol. The van der Waals surface area contributed by atoms with Crippen LogP contribution in [0, 0.1) is 17.3 Å². The quantitative estimate of drug-likeness (QED) is 0.647. The second kappa shape index (κ2) is 9.49. The zero-order valence-corrected chi connectivity index (χ0v) is 17.8. The Bertz CT molecular complexity index is 669. The van der Waals surface area contributed by atoms with Crippen LogP contribution in [0.15, 0.2) is 0 Å². The largest absolute Gasteiger partial charge is 0.490 e. The lowest BCUT2D eigenvalue weighted by atomic mass is 9.78. The number of carbonyl (C=O) groups is 1. The summed E-state index contributed by atoms with van der Waals surface area (Å²) in [6, 6.07) is 0. The normalized spacial score (nSPS) is 28.5. The number of carboxylic acids is 1. The first kappa shape index (κ1) is 24.4. The van der Waals surface area contributed by atoms with Crippen molar-refractivity contribution >= 4 is 16.0 Å². The van der Waals surface area contributed by atoms with Crippen LogP contribution in [0.5, 0.6) is 0 Å². The van der Waals surface area contributed by atoms with E-state index in [0.29, 0.717) is 25.4 Å². The molecule has 0 aromatic heterocycles. The van der Waals surface area contributed by atoms with E-state index in [0.717, 1.165) is 32.0 Å². The van der Waals surface area contributed by atoms with Crippen molar-refractivity contribution < 1.29 is 36.2 Å². The number of rotatable bonds is 7. The number of hydrogen-bond acceptors (Lipinski definition) is 5. The molecule has 7 nitrogen and oxygen atoms in total. The van der Waals surface area contributed by atoms with Gasteiger partial charge in [0.1, 0.15) is 0 Å². The molecule has 2 saturated heterocycles. The minimum absolute atomic E-state index is 0.117. The maximum Gasteiger partial charge on any atom is 0.490 e. The minimum Gasteiger partial charge on any atom is -0.475 e. The molecule has 3 rings (SSSR count). The first-order valence-electron chi connectivity index (χ1n) is 9.93. The number of methoxy groups -OCH3 is 1. The summed E-state index contributed by atoms with van der Waals surface area (Å²) >= 11 is 0. The fourth-order valence-corrected chi connectivity index (χ4v) is 5.92. The van der Waals surface area contributed by atoms with E-state index in [4.69, 9.17) is 14.6 Å². The van der Waals surface area contributed by atoms with Crippen LogP contribution in [0.1, 0.15) is 32.6 Å². The Morgan fingerprint density at radius 2 is 1.90 bits per heavy atom. The Hall–Kier alpha value is -0.910. The number of halogens is 3. The standard InChI is InChI=1S/C16H30N2O3S.C2HF3O2/c1-3-8-22(19,20)18-7-6-16(13-18)12-17(9-14-4-5-14)10-15(16)11-21-2;3-2(4,5)1(6)7/h14-15H,3-13H2,1-2H3;(H,6,7)/t15-,16+;/m0./s1. The van der Waals surface area contributed by atoms with Crippen LogP contribution in [0.25, 0.3) is 0 Å². The zero-order chi connectivity index (χ0) is 21.9. The van der Waals surface area contributed by atoms with Gasteiger partial charge in [-0.3, -0.25) is 0 Å². The minimum atomic E-state index is -5.08. The molecule has 0 unspecified atom stereocenters. The third-order valence-electron chi connectivity index (χ3n) is 5.91. The van der Waals surface area contributed by atoms with Crippen LogP contribution >= 0.6 is 0 Å². The highest BCUT2D eigenvalue weighted by atomic mass is 32.2. The summed E-state index contributed by atoms with van der Waals surface area (Å²) in [7, 11) is -1.30. The number of nitrogens with zero attached hydrogens (tertiary/aromatic N) is 2. The molecule has 0 aromatic rings. The molecule has 0 amide bonds. The molecule has 2 heterocycles. The van der Waals surface area contributed by atoms with Crippen LogP contribution in [-0.2, 0) is 19.6 Å². The van der Waals surface area contributed by atoms with E-state index in [-0.39, 0.29) is 11.2 Å². The Morgan fingerprint density at radius 1 is 1.28 bits per heavy atom. The van der Waals surface area contributed by atoms with Gasteiger partial charge in [0.15, 0.2) is 0 Å². The van der Waals surface area contributed by atoms with Crippen molar-refractivity contribution in [2.75, 3.05) is 52.2 Å². The van der Waals surface area contributed by atoms with Gasteiger partial charge in [0.05, 0.1) is 12.4 Å². The van der Waals surface area contributed by atoms with Crippen molar-refractivity contribution in [1.82, 2.24) is 9.21 Å². The maximum absolute atomic E-state index is 12.4. The van der Waals surface area contributed by atoms with Crippen LogP contribution < -0.4 is 0 Å². The summed E-state index contributed by atoms with van der Waals surface area (Å²) in [5.41, 5.74) is 0.117. The van der Waals surface area contributed by atoms with E-state index >= 15 is 0 Å². The first-order chi connectivity index (χ1) is 13.4. The summed E-state index contributed by atoms with van der Waals surface area (Å²) in [6.45, 7) is 7.41. The Balaban J connectivity index is 0.000000370. The van der Waals surface area contributed by atoms with Crippen LogP contribution in [-0.4, -0.2) is 87.1 Å². The van der Waals surface area contributed by atoms with Gasteiger partial charge in [-0.05, 0) is 31.6 Å². The van der Waals surface area contributed by atoms with E-state index in [1.165, 1.54) is 19.4 Å². The predicted octanol–water partition coefficient (Wildman–Crippen LogP) is 2.04. The van der Waals surface area contributed by atoms with E-state index < -0.39 is 22.2 Å². The molecule has 1 saturated carbocycles. The molecule has 29 heavy (non-hydrogen) atoms. The fourth-order valence-electron chi connectivity index (χ4n) is 4.32. The molecule has 3 fully saturated rings. The van der Waals surface area contributed by atoms with Gasteiger partial charge < -0.3 is 14.7 Å². The predicted molar refractivity (Wildman–Crippen MR) is 101 cm³/mol. The molecule has 1 aliphatic carbocycles. The van der Waals surface area contributed by atoms with Gasteiger partial charge >= 0.3 is 12.1 Å². The molecular weight excluding hydrogens is 413 g/mol.